The Morgan fingerprint density at radius 2 is 2.40 bits per heavy atom. The molecule has 0 aliphatic heterocycles. The lowest BCUT2D eigenvalue weighted by Crippen LogP contribution is -1.65. The molecule has 0 aliphatic carbocycles. The van der Waals surface area contributed by atoms with Crippen molar-refractivity contribution in [2.45, 2.75) is 24.6 Å². The van der Waals surface area contributed by atoms with Crippen molar-refractivity contribution in [1.29, 1.82) is 0 Å². The van der Waals surface area contributed by atoms with Crippen molar-refractivity contribution in [2.75, 3.05) is 5.75 Å². The highest BCUT2D eigenvalue weighted by atomic mass is 32.2. The van der Waals surface area contributed by atoms with Gasteiger partial charge in [0.15, 0.2) is 0 Å². The van der Waals surface area contributed by atoms with Crippen LogP contribution in [0.3, 0.4) is 0 Å². The number of nitrogens with zero attached hydrogens (tertiary/aromatic N) is 1. The minimum atomic E-state index is 1.11. The van der Waals surface area contributed by atoms with E-state index in [1.54, 1.807) is 0 Å². The van der Waals surface area contributed by atoms with Crippen LogP contribution in [0.1, 0.15) is 18.7 Å². The molecular formula is C7H11NS2. The fourth-order valence-corrected chi connectivity index (χ4v) is 2.51. The van der Waals surface area contributed by atoms with Crippen LogP contribution >= 0.6 is 23.1 Å². The predicted octanol–water partition coefficient (Wildman–Crippen LogP) is 2.82. The van der Waals surface area contributed by atoms with Crippen LogP contribution in [0.15, 0.2) is 10.5 Å². The molecule has 0 unspecified atom stereocenters. The Bertz CT molecular complexity index is 195. The lowest BCUT2D eigenvalue weighted by Gasteiger charge is -1.86. The van der Waals surface area contributed by atoms with E-state index >= 15 is 0 Å². The van der Waals surface area contributed by atoms with Crippen molar-refractivity contribution < 1.29 is 0 Å². The Morgan fingerprint density at radius 3 is 2.90 bits per heavy atom. The number of thioether (sulfide) groups is 1. The summed E-state index contributed by atoms with van der Waals surface area (Å²) in [6, 6.07) is 0. The third kappa shape index (κ3) is 1.99. The van der Waals surface area contributed by atoms with E-state index in [1.807, 2.05) is 29.3 Å². The van der Waals surface area contributed by atoms with Crippen LogP contribution in [-0.4, -0.2) is 10.7 Å². The Kier molecular flexibility index (Phi) is 3.22. The maximum Gasteiger partial charge on any atom is 0.150 e. The first kappa shape index (κ1) is 8.08. The van der Waals surface area contributed by atoms with E-state index in [0.29, 0.717) is 0 Å². The zero-order valence-corrected chi connectivity index (χ0v) is 7.89. The summed E-state index contributed by atoms with van der Waals surface area (Å²) in [7, 11) is 0. The van der Waals surface area contributed by atoms with Crippen molar-refractivity contribution >= 4 is 23.1 Å². The number of rotatable bonds is 3. The number of thiazole rings is 1. The molecule has 0 saturated heterocycles. The van der Waals surface area contributed by atoms with Crippen molar-refractivity contribution in [3.8, 4) is 0 Å². The highest BCUT2D eigenvalue weighted by molar-refractivity contribution is 8.00. The Morgan fingerprint density at radius 1 is 1.60 bits per heavy atom. The van der Waals surface area contributed by atoms with Gasteiger partial charge in [0.1, 0.15) is 4.34 Å². The standard InChI is InChI=1S/C7H11NS2/c1-3-6-5-8-7(10-6)9-4-2/h5H,3-4H2,1-2H3. The largest absolute Gasteiger partial charge is 0.238 e. The Hall–Kier alpha value is -0.0200. The monoisotopic (exact) mass is 173 g/mol. The molecule has 0 saturated carbocycles. The molecule has 1 aromatic rings. The van der Waals surface area contributed by atoms with Crippen LogP contribution in [0.4, 0.5) is 0 Å². The molecule has 3 heteroatoms. The van der Waals surface area contributed by atoms with Gasteiger partial charge in [0.25, 0.3) is 0 Å². The summed E-state index contributed by atoms with van der Waals surface area (Å²) in [5, 5.41) is 0. The summed E-state index contributed by atoms with van der Waals surface area (Å²) in [5.74, 6) is 1.12. The summed E-state index contributed by atoms with van der Waals surface area (Å²) < 4.78 is 1.21. The van der Waals surface area contributed by atoms with Crippen LogP contribution < -0.4 is 0 Å². The zero-order chi connectivity index (χ0) is 7.40. The minimum absolute atomic E-state index is 1.11. The number of aryl methyl sites for hydroxylation is 1. The number of hydrogen-bond donors (Lipinski definition) is 0. The Balaban J connectivity index is 2.59. The molecular weight excluding hydrogens is 162 g/mol. The van der Waals surface area contributed by atoms with Crippen LogP contribution in [0.2, 0.25) is 0 Å². The topological polar surface area (TPSA) is 12.9 Å². The summed E-state index contributed by atoms with van der Waals surface area (Å²) in [4.78, 5) is 5.64. The maximum absolute atomic E-state index is 4.26. The van der Waals surface area contributed by atoms with Gasteiger partial charge in [0.05, 0.1) is 0 Å². The summed E-state index contributed by atoms with van der Waals surface area (Å²) >= 11 is 3.63. The normalized spacial score (nSPS) is 10.2. The molecule has 1 aromatic heterocycles. The summed E-state index contributed by atoms with van der Waals surface area (Å²) in [6.45, 7) is 4.31. The molecule has 0 atom stereocenters. The fourth-order valence-electron chi connectivity index (χ4n) is 0.643. The van der Waals surface area contributed by atoms with Crippen LogP contribution in [-0.2, 0) is 6.42 Å². The van der Waals surface area contributed by atoms with E-state index in [0.717, 1.165) is 12.2 Å². The molecule has 0 aromatic carbocycles. The molecule has 1 nitrogen and oxygen atoms in total. The molecule has 1 rings (SSSR count). The van der Waals surface area contributed by atoms with Gasteiger partial charge in [-0.3, -0.25) is 0 Å². The van der Waals surface area contributed by atoms with Gasteiger partial charge >= 0.3 is 0 Å². The highest BCUT2D eigenvalue weighted by Crippen LogP contribution is 2.23. The van der Waals surface area contributed by atoms with Gasteiger partial charge in [-0.05, 0) is 12.2 Å². The van der Waals surface area contributed by atoms with Crippen molar-refractivity contribution in [3.63, 3.8) is 0 Å². The lowest BCUT2D eigenvalue weighted by atomic mass is 10.4. The van der Waals surface area contributed by atoms with E-state index in [4.69, 9.17) is 0 Å². The van der Waals surface area contributed by atoms with Gasteiger partial charge < -0.3 is 0 Å². The van der Waals surface area contributed by atoms with E-state index < -0.39 is 0 Å². The predicted molar refractivity (Wildman–Crippen MR) is 47.9 cm³/mol. The third-order valence-corrected chi connectivity index (χ3v) is 3.33. The molecule has 0 aliphatic rings. The second-order valence-corrected chi connectivity index (χ2v) is 4.51. The average molecular weight is 173 g/mol. The summed E-state index contributed by atoms with van der Waals surface area (Å²) in [6.07, 6.45) is 3.09. The highest BCUT2D eigenvalue weighted by Gasteiger charge is 1.97. The number of aromatic nitrogens is 1. The molecule has 1 heterocycles. The summed E-state index contributed by atoms with van der Waals surface area (Å²) in [5.41, 5.74) is 0. The fraction of sp³-hybridized carbons (Fsp3) is 0.571. The molecule has 56 valence electrons. The van der Waals surface area contributed by atoms with E-state index in [2.05, 4.69) is 18.8 Å². The smallest absolute Gasteiger partial charge is 0.150 e. The first-order chi connectivity index (χ1) is 4.86. The molecule has 0 fully saturated rings. The third-order valence-electron chi connectivity index (χ3n) is 1.15. The number of hydrogen-bond acceptors (Lipinski definition) is 3. The van der Waals surface area contributed by atoms with Gasteiger partial charge in [-0.25, -0.2) is 4.98 Å². The van der Waals surface area contributed by atoms with E-state index in [9.17, 15) is 0 Å². The quantitative estimate of drug-likeness (QED) is 0.652. The average Bonchev–Trinajstić information content (AvgIpc) is 2.37. The second kappa shape index (κ2) is 3.98. The zero-order valence-electron chi connectivity index (χ0n) is 6.26. The van der Waals surface area contributed by atoms with Gasteiger partial charge in [-0.2, -0.15) is 0 Å². The molecule has 10 heavy (non-hydrogen) atoms. The molecule has 0 spiro atoms. The van der Waals surface area contributed by atoms with Crippen LogP contribution in [0.25, 0.3) is 0 Å². The molecule has 0 bridgehead atoms. The second-order valence-electron chi connectivity index (χ2n) is 1.88. The van der Waals surface area contributed by atoms with Gasteiger partial charge in [0.2, 0.25) is 0 Å². The minimum Gasteiger partial charge on any atom is -0.238 e. The van der Waals surface area contributed by atoms with E-state index in [1.165, 1.54) is 9.22 Å². The molecule has 0 radical (unpaired) electrons. The Labute approximate surface area is 69.9 Å². The maximum atomic E-state index is 4.26. The van der Waals surface area contributed by atoms with Crippen molar-refractivity contribution in [2.24, 2.45) is 0 Å². The molecule has 0 amide bonds. The van der Waals surface area contributed by atoms with Crippen LogP contribution in [0.5, 0.6) is 0 Å². The SMILES string of the molecule is CCSc1ncc(CC)s1. The van der Waals surface area contributed by atoms with Gasteiger partial charge in [-0.15, -0.1) is 11.3 Å². The van der Waals surface area contributed by atoms with Gasteiger partial charge in [-0.1, -0.05) is 25.6 Å². The first-order valence-electron chi connectivity index (χ1n) is 3.44. The first-order valence-corrected chi connectivity index (χ1v) is 5.24. The lowest BCUT2D eigenvalue weighted by molar-refractivity contribution is 1.15. The van der Waals surface area contributed by atoms with E-state index in [-0.39, 0.29) is 0 Å². The van der Waals surface area contributed by atoms with Gasteiger partial charge in [0, 0.05) is 11.1 Å². The van der Waals surface area contributed by atoms with Crippen molar-refractivity contribution in [1.82, 2.24) is 4.98 Å². The van der Waals surface area contributed by atoms with Crippen LogP contribution in [0, 0.1) is 0 Å². The molecule has 0 N–H and O–H groups in total. The van der Waals surface area contributed by atoms with Crippen molar-refractivity contribution in [3.05, 3.63) is 11.1 Å².